The van der Waals surface area contributed by atoms with E-state index in [4.69, 9.17) is 4.74 Å². The molecule has 120 valence electrons. The van der Waals surface area contributed by atoms with E-state index in [0.717, 1.165) is 24.2 Å². The van der Waals surface area contributed by atoms with Crippen LogP contribution in [0, 0.1) is 29.6 Å². The lowest BCUT2D eigenvalue weighted by atomic mass is 9.66. The third-order valence-electron chi connectivity index (χ3n) is 6.57. The minimum absolute atomic E-state index is 0.0313. The molecule has 2 aliphatic heterocycles. The number of carbonyl (C=O) groups is 1. The summed E-state index contributed by atoms with van der Waals surface area (Å²) in [6.07, 6.45) is 8.94. The lowest BCUT2D eigenvalue weighted by molar-refractivity contribution is -0.151. The molecule has 4 atom stereocenters. The van der Waals surface area contributed by atoms with Crippen LogP contribution in [0.4, 0.5) is 0 Å². The van der Waals surface area contributed by atoms with Crippen LogP contribution < -0.4 is 5.32 Å². The van der Waals surface area contributed by atoms with Gasteiger partial charge in [0.05, 0.1) is 13.0 Å². The number of carbonyl (C=O) groups excluding carboxylic acids is 1. The Balaban J connectivity index is 1.69. The number of hydrogen-bond acceptors (Lipinski definition) is 3. The molecule has 3 fully saturated rings. The van der Waals surface area contributed by atoms with Crippen molar-refractivity contribution in [1.82, 2.24) is 5.32 Å². The summed E-state index contributed by atoms with van der Waals surface area (Å²) in [5.74, 6) is 3.15. The Hall–Kier alpha value is -0.570. The molecule has 1 aliphatic carbocycles. The third kappa shape index (κ3) is 2.99. The molecule has 3 nitrogen and oxygen atoms in total. The Morgan fingerprint density at radius 2 is 1.81 bits per heavy atom. The van der Waals surface area contributed by atoms with Gasteiger partial charge < -0.3 is 10.1 Å². The summed E-state index contributed by atoms with van der Waals surface area (Å²) in [6.45, 7) is 4.71. The van der Waals surface area contributed by atoms with E-state index in [0.29, 0.717) is 18.0 Å². The van der Waals surface area contributed by atoms with Crippen LogP contribution in [0.15, 0.2) is 0 Å². The quantitative estimate of drug-likeness (QED) is 0.811. The van der Waals surface area contributed by atoms with E-state index in [1.54, 1.807) is 7.11 Å². The number of fused-ring (bicyclic) bond motifs is 2. The Kier molecular flexibility index (Phi) is 4.58. The zero-order valence-corrected chi connectivity index (χ0v) is 13.8. The van der Waals surface area contributed by atoms with Gasteiger partial charge in [-0.3, -0.25) is 4.79 Å². The average Bonchev–Trinajstić information content (AvgIpc) is 2.88. The van der Waals surface area contributed by atoms with E-state index in [1.807, 2.05) is 0 Å². The SMILES string of the molecule is COC(=O)C1C2CC[C@H](C[C@@H]1C1CCC(C(C)C)CC1)N2. The highest BCUT2D eigenvalue weighted by atomic mass is 16.5. The first-order chi connectivity index (χ1) is 10.1. The van der Waals surface area contributed by atoms with Gasteiger partial charge in [-0.15, -0.1) is 0 Å². The maximum Gasteiger partial charge on any atom is 0.310 e. The van der Waals surface area contributed by atoms with Crippen LogP contribution in [-0.2, 0) is 9.53 Å². The van der Waals surface area contributed by atoms with Crippen LogP contribution in [0.5, 0.6) is 0 Å². The van der Waals surface area contributed by atoms with Gasteiger partial charge in [0.15, 0.2) is 0 Å². The average molecular weight is 293 g/mol. The van der Waals surface area contributed by atoms with Crippen molar-refractivity contribution in [3.05, 3.63) is 0 Å². The molecule has 0 radical (unpaired) electrons. The predicted molar refractivity (Wildman–Crippen MR) is 83.8 cm³/mol. The fourth-order valence-electron chi connectivity index (χ4n) is 5.29. The zero-order chi connectivity index (χ0) is 15.0. The number of hydrogen-bond donors (Lipinski definition) is 1. The monoisotopic (exact) mass is 293 g/mol. The molecular weight excluding hydrogens is 262 g/mol. The molecule has 1 saturated carbocycles. The summed E-state index contributed by atoms with van der Waals surface area (Å²) >= 11 is 0. The minimum Gasteiger partial charge on any atom is -0.469 e. The number of ether oxygens (including phenoxy) is 1. The molecule has 0 aromatic rings. The standard InChI is InChI=1S/C18H31NO2/c1-11(2)12-4-6-13(7-5-12)15-10-14-8-9-16(19-14)17(15)18(20)21-3/h11-17,19H,4-10H2,1-3H3/t12?,13?,14-,15-,16?,17?/m1/s1. The van der Waals surface area contributed by atoms with Crippen LogP contribution in [0.25, 0.3) is 0 Å². The molecular formula is C18H31NO2. The van der Waals surface area contributed by atoms with Crippen molar-refractivity contribution < 1.29 is 9.53 Å². The van der Waals surface area contributed by atoms with Gasteiger partial charge >= 0.3 is 5.97 Å². The molecule has 1 N–H and O–H groups in total. The van der Waals surface area contributed by atoms with Crippen molar-refractivity contribution in [3.8, 4) is 0 Å². The highest BCUT2D eigenvalue weighted by Gasteiger charge is 2.48. The molecule has 0 aromatic carbocycles. The van der Waals surface area contributed by atoms with E-state index in [2.05, 4.69) is 19.2 Å². The van der Waals surface area contributed by atoms with E-state index in [9.17, 15) is 4.79 Å². The lowest BCUT2D eigenvalue weighted by Crippen LogP contribution is -2.51. The number of methoxy groups -OCH3 is 1. The molecule has 2 saturated heterocycles. The molecule has 3 aliphatic rings. The second-order valence-electron chi connectivity index (χ2n) is 7.91. The van der Waals surface area contributed by atoms with Crippen molar-refractivity contribution in [2.24, 2.45) is 29.6 Å². The maximum absolute atomic E-state index is 12.3. The van der Waals surface area contributed by atoms with E-state index >= 15 is 0 Å². The van der Waals surface area contributed by atoms with Gasteiger partial charge in [-0.05, 0) is 68.6 Å². The highest BCUT2D eigenvalue weighted by Crippen LogP contribution is 2.46. The topological polar surface area (TPSA) is 38.3 Å². The summed E-state index contributed by atoms with van der Waals surface area (Å²) in [5.41, 5.74) is 0. The molecule has 0 amide bonds. The van der Waals surface area contributed by atoms with E-state index in [-0.39, 0.29) is 11.9 Å². The number of piperidine rings is 1. The highest BCUT2D eigenvalue weighted by molar-refractivity contribution is 5.74. The molecule has 3 heteroatoms. The van der Waals surface area contributed by atoms with Crippen LogP contribution in [0.3, 0.4) is 0 Å². The molecule has 2 heterocycles. The van der Waals surface area contributed by atoms with Crippen molar-refractivity contribution in [1.29, 1.82) is 0 Å². The fraction of sp³-hybridized carbons (Fsp3) is 0.944. The molecule has 21 heavy (non-hydrogen) atoms. The number of rotatable bonds is 3. The van der Waals surface area contributed by atoms with Crippen LogP contribution in [0.1, 0.15) is 58.8 Å². The van der Waals surface area contributed by atoms with Crippen molar-refractivity contribution >= 4 is 5.97 Å². The van der Waals surface area contributed by atoms with Crippen molar-refractivity contribution in [3.63, 3.8) is 0 Å². The summed E-state index contributed by atoms with van der Waals surface area (Å²) in [7, 11) is 1.55. The first kappa shape index (κ1) is 15.3. The van der Waals surface area contributed by atoms with Crippen LogP contribution in [0.2, 0.25) is 0 Å². The summed E-state index contributed by atoms with van der Waals surface area (Å²) in [4.78, 5) is 12.3. The smallest absolute Gasteiger partial charge is 0.310 e. The summed E-state index contributed by atoms with van der Waals surface area (Å²) < 4.78 is 5.14. The van der Waals surface area contributed by atoms with Gasteiger partial charge in [0.1, 0.15) is 0 Å². The third-order valence-corrected chi connectivity index (χ3v) is 6.57. The summed E-state index contributed by atoms with van der Waals surface area (Å²) in [5, 5.41) is 3.65. The normalized spacial score (nSPS) is 43.0. The second kappa shape index (κ2) is 6.28. The van der Waals surface area contributed by atoms with Crippen molar-refractivity contribution in [2.45, 2.75) is 70.9 Å². The van der Waals surface area contributed by atoms with Crippen molar-refractivity contribution in [2.75, 3.05) is 7.11 Å². The maximum atomic E-state index is 12.3. The first-order valence-corrected chi connectivity index (χ1v) is 8.94. The Labute approximate surface area is 129 Å². The van der Waals surface area contributed by atoms with Gasteiger partial charge in [0.25, 0.3) is 0 Å². The number of esters is 1. The number of nitrogens with one attached hydrogen (secondary N) is 1. The first-order valence-electron chi connectivity index (χ1n) is 8.94. The molecule has 3 rings (SSSR count). The van der Waals surface area contributed by atoms with Gasteiger partial charge in [-0.1, -0.05) is 13.8 Å². The lowest BCUT2D eigenvalue weighted by Gasteiger charge is -2.43. The van der Waals surface area contributed by atoms with Crippen LogP contribution >= 0.6 is 0 Å². The minimum atomic E-state index is 0.0313. The van der Waals surface area contributed by atoms with E-state index in [1.165, 1.54) is 38.5 Å². The van der Waals surface area contributed by atoms with Gasteiger partial charge in [0.2, 0.25) is 0 Å². The largest absolute Gasteiger partial charge is 0.469 e. The van der Waals surface area contributed by atoms with Gasteiger partial charge in [0, 0.05) is 12.1 Å². The van der Waals surface area contributed by atoms with Crippen LogP contribution in [-0.4, -0.2) is 25.2 Å². The molecule has 2 bridgehead atoms. The molecule has 0 spiro atoms. The molecule has 2 unspecified atom stereocenters. The Bertz CT molecular complexity index is 373. The Morgan fingerprint density at radius 3 is 2.43 bits per heavy atom. The van der Waals surface area contributed by atoms with E-state index < -0.39 is 0 Å². The zero-order valence-electron chi connectivity index (χ0n) is 13.8. The predicted octanol–water partition coefficient (Wildman–Crippen LogP) is 3.38. The summed E-state index contributed by atoms with van der Waals surface area (Å²) in [6, 6.07) is 1.03. The fourth-order valence-corrected chi connectivity index (χ4v) is 5.29. The van der Waals surface area contributed by atoms with Gasteiger partial charge in [-0.2, -0.15) is 0 Å². The Morgan fingerprint density at radius 1 is 1.10 bits per heavy atom. The van der Waals surface area contributed by atoms with Gasteiger partial charge in [-0.25, -0.2) is 0 Å². The second-order valence-corrected chi connectivity index (χ2v) is 7.91. The molecule has 0 aromatic heterocycles.